The first kappa shape index (κ1) is 21.7. The minimum absolute atomic E-state index is 0.0357. The van der Waals surface area contributed by atoms with Crippen molar-refractivity contribution in [2.75, 3.05) is 18.5 Å². The van der Waals surface area contributed by atoms with E-state index in [2.05, 4.69) is 16.0 Å². The number of rotatable bonds is 9. The Morgan fingerprint density at radius 3 is 2.24 bits per heavy atom. The van der Waals surface area contributed by atoms with Crippen molar-refractivity contribution < 1.29 is 24.2 Å². The summed E-state index contributed by atoms with van der Waals surface area (Å²) in [6.45, 7) is 3.81. The Balaban J connectivity index is 1.77. The van der Waals surface area contributed by atoms with E-state index in [0.717, 1.165) is 5.56 Å². The lowest BCUT2D eigenvalue weighted by Crippen LogP contribution is -2.34. The van der Waals surface area contributed by atoms with Gasteiger partial charge in [-0.2, -0.15) is 0 Å². The number of aliphatic carboxylic acids is 1. The highest BCUT2D eigenvalue weighted by atomic mass is 16.5. The summed E-state index contributed by atoms with van der Waals surface area (Å²) >= 11 is 0. The van der Waals surface area contributed by atoms with Gasteiger partial charge in [0.2, 0.25) is 0 Å². The molecule has 0 saturated heterocycles. The van der Waals surface area contributed by atoms with Gasteiger partial charge in [-0.05, 0) is 62.2 Å². The molecule has 4 N–H and O–H groups in total. The van der Waals surface area contributed by atoms with E-state index < -0.39 is 5.97 Å². The molecule has 3 amide bonds. The van der Waals surface area contributed by atoms with Crippen molar-refractivity contribution in [3.05, 3.63) is 59.7 Å². The molecule has 0 atom stereocenters. The molecule has 8 nitrogen and oxygen atoms in total. The highest BCUT2D eigenvalue weighted by Gasteiger charge is 2.07. The number of carboxylic acids is 1. The van der Waals surface area contributed by atoms with Crippen LogP contribution in [0.15, 0.2) is 48.5 Å². The monoisotopic (exact) mass is 399 g/mol. The van der Waals surface area contributed by atoms with Crippen molar-refractivity contribution in [3.63, 3.8) is 0 Å². The zero-order valence-electron chi connectivity index (χ0n) is 16.4. The lowest BCUT2D eigenvalue weighted by molar-refractivity contribution is -0.139. The lowest BCUT2D eigenvalue weighted by Gasteiger charge is -2.10. The highest BCUT2D eigenvalue weighted by molar-refractivity contribution is 5.95. The molecule has 0 spiro atoms. The Kier molecular flexibility index (Phi) is 8.02. The van der Waals surface area contributed by atoms with E-state index in [4.69, 9.17) is 9.84 Å². The predicted octanol–water partition coefficient (Wildman–Crippen LogP) is 2.65. The van der Waals surface area contributed by atoms with Crippen LogP contribution in [0, 0.1) is 0 Å². The fourth-order valence-electron chi connectivity index (χ4n) is 2.45. The topological polar surface area (TPSA) is 117 Å². The number of carbonyl (C=O) groups excluding carboxylic acids is 2. The molecule has 0 bridgehead atoms. The molecule has 154 valence electrons. The molecule has 0 unspecified atom stereocenters. The van der Waals surface area contributed by atoms with Crippen LogP contribution in [0.1, 0.15) is 29.8 Å². The minimum Gasteiger partial charge on any atom is -0.482 e. The van der Waals surface area contributed by atoms with Crippen molar-refractivity contribution in [1.82, 2.24) is 10.6 Å². The quantitative estimate of drug-likeness (QED) is 0.517. The summed E-state index contributed by atoms with van der Waals surface area (Å²) < 4.78 is 5.08. The zero-order chi connectivity index (χ0) is 21.2. The van der Waals surface area contributed by atoms with Gasteiger partial charge in [-0.1, -0.05) is 12.1 Å². The molecule has 0 aliphatic carbocycles. The van der Waals surface area contributed by atoms with E-state index in [1.807, 2.05) is 26.0 Å². The normalized spacial score (nSPS) is 10.3. The largest absolute Gasteiger partial charge is 0.482 e. The molecule has 0 saturated carbocycles. The van der Waals surface area contributed by atoms with E-state index in [0.29, 0.717) is 30.0 Å². The number of amides is 3. The number of carbonyl (C=O) groups is 3. The van der Waals surface area contributed by atoms with Crippen LogP contribution in [0.2, 0.25) is 0 Å². The first-order valence-corrected chi connectivity index (χ1v) is 9.23. The van der Waals surface area contributed by atoms with E-state index >= 15 is 0 Å². The van der Waals surface area contributed by atoms with Gasteiger partial charge in [-0.25, -0.2) is 9.59 Å². The van der Waals surface area contributed by atoms with Gasteiger partial charge in [0.1, 0.15) is 5.75 Å². The Hall–Kier alpha value is -3.55. The van der Waals surface area contributed by atoms with E-state index in [1.54, 1.807) is 36.4 Å². The van der Waals surface area contributed by atoms with Crippen LogP contribution in [-0.2, 0) is 11.2 Å². The van der Waals surface area contributed by atoms with Crippen molar-refractivity contribution in [2.45, 2.75) is 26.3 Å². The molecule has 0 aliphatic rings. The fraction of sp³-hybridized carbons (Fsp3) is 0.286. The maximum atomic E-state index is 12.2. The molecule has 0 heterocycles. The Morgan fingerprint density at radius 2 is 1.66 bits per heavy atom. The summed E-state index contributed by atoms with van der Waals surface area (Å²) in [6.07, 6.45) is 0.625. The lowest BCUT2D eigenvalue weighted by atomic mass is 10.1. The summed E-state index contributed by atoms with van der Waals surface area (Å²) in [6, 6.07) is 13.4. The molecule has 2 rings (SSSR count). The first-order valence-electron chi connectivity index (χ1n) is 9.23. The van der Waals surface area contributed by atoms with Gasteiger partial charge < -0.3 is 25.8 Å². The molecular formula is C21H25N3O5. The number of carboxylic acid groups (broad SMARTS) is 1. The number of hydrogen-bond acceptors (Lipinski definition) is 4. The molecule has 2 aromatic rings. The van der Waals surface area contributed by atoms with Crippen molar-refractivity contribution >= 4 is 23.6 Å². The zero-order valence-corrected chi connectivity index (χ0v) is 16.4. The summed E-state index contributed by atoms with van der Waals surface area (Å²) in [7, 11) is 0. The number of anilines is 1. The fourth-order valence-corrected chi connectivity index (χ4v) is 2.45. The Morgan fingerprint density at radius 1 is 1.00 bits per heavy atom. The third kappa shape index (κ3) is 7.92. The number of nitrogens with one attached hydrogen (secondary N) is 3. The molecule has 0 fully saturated rings. The average molecular weight is 399 g/mol. The van der Waals surface area contributed by atoms with Gasteiger partial charge in [-0.3, -0.25) is 4.79 Å². The van der Waals surface area contributed by atoms with Crippen molar-refractivity contribution in [1.29, 1.82) is 0 Å². The molecule has 0 aromatic heterocycles. The molecule has 0 aliphatic heterocycles. The molecule has 2 aromatic carbocycles. The summed E-state index contributed by atoms with van der Waals surface area (Å²) in [5, 5.41) is 16.9. The van der Waals surface area contributed by atoms with Crippen LogP contribution in [0.25, 0.3) is 0 Å². The maximum Gasteiger partial charge on any atom is 0.341 e. The third-order valence-electron chi connectivity index (χ3n) is 3.81. The highest BCUT2D eigenvalue weighted by Crippen LogP contribution is 2.13. The van der Waals surface area contributed by atoms with Gasteiger partial charge >= 0.3 is 12.0 Å². The number of urea groups is 1. The van der Waals surface area contributed by atoms with Crippen LogP contribution in [0.4, 0.5) is 10.5 Å². The third-order valence-corrected chi connectivity index (χ3v) is 3.81. The summed E-state index contributed by atoms with van der Waals surface area (Å²) in [4.78, 5) is 34.4. The maximum absolute atomic E-state index is 12.2. The molecule has 8 heteroatoms. The van der Waals surface area contributed by atoms with Crippen LogP contribution in [0.5, 0.6) is 5.75 Å². The number of hydrogen-bond donors (Lipinski definition) is 4. The van der Waals surface area contributed by atoms with Crippen molar-refractivity contribution in [3.8, 4) is 5.75 Å². The number of ether oxygens (including phenoxy) is 1. The Labute approximate surface area is 169 Å². The smallest absolute Gasteiger partial charge is 0.341 e. The van der Waals surface area contributed by atoms with E-state index in [1.165, 1.54) is 0 Å². The Bertz CT molecular complexity index is 832. The van der Waals surface area contributed by atoms with Crippen LogP contribution < -0.4 is 20.7 Å². The van der Waals surface area contributed by atoms with Gasteiger partial charge in [0.15, 0.2) is 6.61 Å². The van der Waals surface area contributed by atoms with Gasteiger partial charge in [0.05, 0.1) is 0 Å². The summed E-state index contributed by atoms with van der Waals surface area (Å²) in [5.41, 5.74) is 2.09. The molecule has 0 radical (unpaired) electrons. The van der Waals surface area contributed by atoms with Crippen LogP contribution >= 0.6 is 0 Å². The molecule has 29 heavy (non-hydrogen) atoms. The van der Waals surface area contributed by atoms with Gasteiger partial charge in [-0.15, -0.1) is 0 Å². The molecular weight excluding hydrogens is 374 g/mol. The second-order valence-corrected chi connectivity index (χ2v) is 6.66. The van der Waals surface area contributed by atoms with Gasteiger partial charge in [0, 0.05) is 23.8 Å². The van der Waals surface area contributed by atoms with Gasteiger partial charge in [0.25, 0.3) is 5.91 Å². The van der Waals surface area contributed by atoms with Crippen molar-refractivity contribution in [2.24, 2.45) is 0 Å². The summed E-state index contributed by atoms with van der Waals surface area (Å²) in [5.74, 6) is -0.750. The van der Waals surface area contributed by atoms with Crippen LogP contribution in [0.3, 0.4) is 0 Å². The second kappa shape index (κ2) is 10.7. The van der Waals surface area contributed by atoms with E-state index in [-0.39, 0.29) is 24.6 Å². The average Bonchev–Trinajstić information content (AvgIpc) is 2.67. The number of benzene rings is 2. The second-order valence-electron chi connectivity index (χ2n) is 6.66. The minimum atomic E-state index is -1.03. The van der Waals surface area contributed by atoms with Crippen LogP contribution in [-0.4, -0.2) is 42.2 Å². The predicted molar refractivity (Wildman–Crippen MR) is 109 cm³/mol. The first-order chi connectivity index (χ1) is 13.8. The SMILES string of the molecule is CC(C)NC(=O)Nc1ccc(C(=O)NCCc2ccc(OCC(=O)O)cc2)cc1. The standard InChI is InChI=1S/C21H25N3O5/c1-14(2)23-21(28)24-17-7-5-16(6-8-17)20(27)22-12-11-15-3-9-18(10-4-15)29-13-19(25)26/h3-10,14H,11-13H2,1-2H3,(H,22,27)(H,25,26)(H2,23,24,28). The van der Waals surface area contributed by atoms with E-state index in [9.17, 15) is 14.4 Å².